The lowest BCUT2D eigenvalue weighted by molar-refractivity contribution is 0.0718. The molecule has 24 heavy (non-hydrogen) atoms. The summed E-state index contributed by atoms with van der Waals surface area (Å²) in [6.45, 7) is 3.84. The summed E-state index contributed by atoms with van der Waals surface area (Å²) in [5.41, 5.74) is 2.95. The van der Waals surface area contributed by atoms with Crippen molar-refractivity contribution < 1.29 is 4.79 Å². The highest BCUT2D eigenvalue weighted by molar-refractivity contribution is 5.92. The number of anilines is 2. The lowest BCUT2D eigenvalue weighted by Crippen LogP contribution is -2.36. The maximum absolute atomic E-state index is 12.7. The Bertz CT molecular complexity index is 755. The third-order valence-corrected chi connectivity index (χ3v) is 4.93. The quantitative estimate of drug-likeness (QED) is 0.852. The fourth-order valence-electron chi connectivity index (χ4n) is 3.71. The van der Waals surface area contributed by atoms with E-state index in [0.29, 0.717) is 17.7 Å². The average molecular weight is 322 g/mol. The molecular formula is C19H22N4O. The zero-order valence-electron chi connectivity index (χ0n) is 14.0. The number of amides is 1. The molecule has 124 valence electrons. The lowest BCUT2D eigenvalue weighted by atomic mass is 10.1. The molecule has 1 fully saturated rings. The Hall–Kier alpha value is -2.43. The fourth-order valence-corrected chi connectivity index (χ4v) is 3.71. The minimum Gasteiger partial charge on any atom is -0.337 e. The summed E-state index contributed by atoms with van der Waals surface area (Å²) >= 11 is 0. The van der Waals surface area contributed by atoms with Gasteiger partial charge in [0.1, 0.15) is 5.69 Å². The molecule has 4 rings (SSSR count). The summed E-state index contributed by atoms with van der Waals surface area (Å²) in [6.07, 6.45) is 6.05. The van der Waals surface area contributed by atoms with Crippen LogP contribution in [0.3, 0.4) is 0 Å². The molecule has 1 unspecified atom stereocenters. The van der Waals surface area contributed by atoms with E-state index in [0.717, 1.165) is 38.0 Å². The van der Waals surface area contributed by atoms with Crippen molar-refractivity contribution in [3.63, 3.8) is 0 Å². The summed E-state index contributed by atoms with van der Waals surface area (Å²) in [5.74, 6) is 0.647. The van der Waals surface area contributed by atoms with Gasteiger partial charge in [-0.25, -0.2) is 9.97 Å². The highest BCUT2D eigenvalue weighted by Crippen LogP contribution is 2.36. The number of hydrogen-bond donors (Lipinski definition) is 0. The molecule has 0 aliphatic carbocycles. The molecule has 0 bridgehead atoms. The summed E-state index contributed by atoms with van der Waals surface area (Å²) < 4.78 is 0. The van der Waals surface area contributed by atoms with Crippen LogP contribution in [0.2, 0.25) is 0 Å². The first-order valence-electron chi connectivity index (χ1n) is 8.73. The zero-order valence-corrected chi connectivity index (χ0v) is 14.0. The normalized spacial score (nSPS) is 20.1. The van der Waals surface area contributed by atoms with Gasteiger partial charge in [0.2, 0.25) is 5.95 Å². The Balaban J connectivity index is 1.64. The van der Waals surface area contributed by atoms with Crippen LogP contribution in [0, 0.1) is 0 Å². The molecule has 0 spiro atoms. The van der Waals surface area contributed by atoms with Gasteiger partial charge >= 0.3 is 0 Å². The second-order valence-corrected chi connectivity index (χ2v) is 6.65. The number of nitrogens with zero attached hydrogens (tertiary/aromatic N) is 4. The van der Waals surface area contributed by atoms with Crippen molar-refractivity contribution in [2.24, 2.45) is 0 Å². The van der Waals surface area contributed by atoms with Crippen LogP contribution in [-0.2, 0) is 6.42 Å². The number of likely N-dealkylation sites (tertiary alicyclic amines) is 1. The van der Waals surface area contributed by atoms with Crippen molar-refractivity contribution >= 4 is 17.5 Å². The van der Waals surface area contributed by atoms with E-state index in [2.05, 4.69) is 40.0 Å². The Labute approximate surface area is 142 Å². The van der Waals surface area contributed by atoms with Crippen molar-refractivity contribution in [3.05, 3.63) is 47.8 Å². The molecule has 1 saturated heterocycles. The summed E-state index contributed by atoms with van der Waals surface area (Å²) in [7, 11) is 0. The van der Waals surface area contributed by atoms with E-state index in [9.17, 15) is 4.79 Å². The van der Waals surface area contributed by atoms with Crippen molar-refractivity contribution in [2.75, 3.05) is 18.0 Å². The first kappa shape index (κ1) is 15.1. The number of aromatic nitrogens is 2. The average Bonchev–Trinajstić information content (AvgIpc) is 2.97. The van der Waals surface area contributed by atoms with E-state index in [-0.39, 0.29) is 5.91 Å². The van der Waals surface area contributed by atoms with Crippen molar-refractivity contribution in [3.8, 4) is 0 Å². The van der Waals surface area contributed by atoms with E-state index in [1.54, 1.807) is 12.3 Å². The first-order chi connectivity index (χ1) is 11.7. The Morgan fingerprint density at radius 1 is 1.12 bits per heavy atom. The molecule has 3 heterocycles. The van der Waals surface area contributed by atoms with Crippen molar-refractivity contribution in [1.29, 1.82) is 0 Å². The van der Waals surface area contributed by atoms with E-state index in [1.807, 2.05) is 11.0 Å². The predicted molar refractivity (Wildman–Crippen MR) is 93.5 cm³/mol. The third-order valence-electron chi connectivity index (χ3n) is 4.93. The Kier molecular flexibility index (Phi) is 3.92. The van der Waals surface area contributed by atoms with Crippen LogP contribution in [0.25, 0.3) is 0 Å². The van der Waals surface area contributed by atoms with Gasteiger partial charge in [-0.05, 0) is 50.3 Å². The second-order valence-electron chi connectivity index (χ2n) is 6.65. The number of benzene rings is 1. The van der Waals surface area contributed by atoms with Crippen LogP contribution in [0.5, 0.6) is 0 Å². The van der Waals surface area contributed by atoms with Crippen molar-refractivity contribution in [2.45, 2.75) is 38.6 Å². The SMILES string of the molecule is CC1Cc2ccccc2N1c1nccc(C(=O)N2CCCCC2)n1. The molecule has 2 aliphatic rings. The van der Waals surface area contributed by atoms with Crippen LogP contribution < -0.4 is 4.90 Å². The van der Waals surface area contributed by atoms with Gasteiger partial charge < -0.3 is 9.80 Å². The van der Waals surface area contributed by atoms with Gasteiger partial charge in [-0.1, -0.05) is 18.2 Å². The molecule has 2 aliphatic heterocycles. The van der Waals surface area contributed by atoms with E-state index in [1.165, 1.54) is 12.0 Å². The van der Waals surface area contributed by atoms with E-state index in [4.69, 9.17) is 0 Å². The molecular weight excluding hydrogens is 300 g/mol. The van der Waals surface area contributed by atoms with Crippen LogP contribution in [0.4, 0.5) is 11.6 Å². The van der Waals surface area contributed by atoms with E-state index < -0.39 is 0 Å². The Morgan fingerprint density at radius 3 is 2.75 bits per heavy atom. The molecule has 5 heteroatoms. The monoisotopic (exact) mass is 322 g/mol. The lowest BCUT2D eigenvalue weighted by Gasteiger charge is -2.27. The van der Waals surface area contributed by atoms with Gasteiger partial charge in [-0.15, -0.1) is 0 Å². The molecule has 0 N–H and O–H groups in total. The number of carbonyl (C=O) groups excluding carboxylic acids is 1. The molecule has 1 aromatic carbocycles. The summed E-state index contributed by atoms with van der Waals surface area (Å²) in [6, 6.07) is 10.4. The van der Waals surface area contributed by atoms with Gasteiger partial charge in [0.05, 0.1) is 0 Å². The largest absolute Gasteiger partial charge is 0.337 e. The zero-order chi connectivity index (χ0) is 16.5. The second kappa shape index (κ2) is 6.23. The molecule has 0 saturated carbocycles. The smallest absolute Gasteiger partial charge is 0.272 e. The molecule has 1 atom stereocenters. The highest BCUT2D eigenvalue weighted by atomic mass is 16.2. The van der Waals surface area contributed by atoms with Gasteiger partial charge in [0.15, 0.2) is 0 Å². The standard InChI is InChI=1S/C19H22N4O/c1-14-13-15-7-3-4-8-17(15)23(14)19-20-10-9-16(21-19)18(24)22-11-5-2-6-12-22/h3-4,7-10,14H,2,5-6,11-13H2,1H3. The minimum atomic E-state index is 0.0264. The maximum Gasteiger partial charge on any atom is 0.272 e. The topological polar surface area (TPSA) is 49.3 Å². The van der Waals surface area contributed by atoms with E-state index >= 15 is 0 Å². The van der Waals surface area contributed by atoms with Gasteiger partial charge in [0.25, 0.3) is 5.91 Å². The highest BCUT2D eigenvalue weighted by Gasteiger charge is 2.29. The molecule has 1 aromatic heterocycles. The predicted octanol–water partition coefficient (Wildman–Crippen LogP) is 3.19. The molecule has 5 nitrogen and oxygen atoms in total. The molecule has 1 amide bonds. The summed E-state index contributed by atoms with van der Waals surface area (Å²) in [5, 5.41) is 0. The molecule has 2 aromatic rings. The maximum atomic E-state index is 12.7. The number of hydrogen-bond acceptors (Lipinski definition) is 4. The van der Waals surface area contributed by atoms with Crippen LogP contribution in [0.15, 0.2) is 36.5 Å². The van der Waals surface area contributed by atoms with Crippen LogP contribution >= 0.6 is 0 Å². The van der Waals surface area contributed by atoms with Gasteiger partial charge in [0, 0.05) is 31.0 Å². The Morgan fingerprint density at radius 2 is 1.92 bits per heavy atom. The first-order valence-corrected chi connectivity index (χ1v) is 8.73. The number of rotatable bonds is 2. The van der Waals surface area contributed by atoms with Crippen LogP contribution in [0.1, 0.15) is 42.2 Å². The molecule has 0 radical (unpaired) electrons. The van der Waals surface area contributed by atoms with Crippen LogP contribution in [-0.4, -0.2) is 39.9 Å². The number of para-hydroxylation sites is 1. The summed E-state index contributed by atoms with van der Waals surface area (Å²) in [4.78, 5) is 25.8. The van der Waals surface area contributed by atoms with Gasteiger partial charge in [-0.3, -0.25) is 4.79 Å². The number of fused-ring (bicyclic) bond motifs is 1. The minimum absolute atomic E-state index is 0.0264. The van der Waals surface area contributed by atoms with Gasteiger partial charge in [-0.2, -0.15) is 0 Å². The third kappa shape index (κ3) is 2.64. The van der Waals surface area contributed by atoms with Crippen molar-refractivity contribution in [1.82, 2.24) is 14.9 Å². The number of carbonyl (C=O) groups is 1. The number of piperidine rings is 1. The fraction of sp³-hybridized carbons (Fsp3) is 0.421.